The molecule has 9 nitrogen and oxygen atoms in total. The van der Waals surface area contributed by atoms with E-state index in [1.54, 1.807) is 19.1 Å². The van der Waals surface area contributed by atoms with Crippen molar-refractivity contribution < 1.29 is 24.7 Å². The largest absolute Gasteiger partial charge is 0.478 e. The van der Waals surface area contributed by atoms with Crippen LogP contribution < -0.4 is 10.6 Å². The number of benzene rings is 1. The van der Waals surface area contributed by atoms with Gasteiger partial charge in [0.1, 0.15) is 5.01 Å². The lowest BCUT2D eigenvalue weighted by Gasteiger charge is -2.18. The van der Waals surface area contributed by atoms with E-state index >= 15 is 0 Å². The summed E-state index contributed by atoms with van der Waals surface area (Å²) in [6.07, 6.45) is 0.0719. The Morgan fingerprint density at radius 2 is 2.08 bits per heavy atom. The fourth-order valence-electron chi connectivity index (χ4n) is 2.10. The zero-order chi connectivity index (χ0) is 18.4. The number of nitrogens with one attached hydrogen (secondary N) is 2. The minimum Gasteiger partial charge on any atom is -0.478 e. The second-order valence-corrected chi connectivity index (χ2v) is 6.46. The average Bonchev–Trinajstić information content (AvgIpc) is 2.98. The second kappa shape index (κ2) is 8.56. The first-order chi connectivity index (χ1) is 11.8. The number of carboxylic acid groups (broad SMARTS) is 1. The first kappa shape index (κ1) is 18.8. The first-order valence-corrected chi connectivity index (χ1v) is 8.18. The molecule has 0 radical (unpaired) electrons. The molecule has 1 aromatic carbocycles. The number of hydrogen-bond acceptors (Lipinski definition) is 8. The van der Waals surface area contributed by atoms with Crippen LogP contribution in [0.2, 0.25) is 0 Å². The molecule has 0 aliphatic heterocycles. The number of hydrogen-bond donors (Lipinski definition) is 5. The van der Waals surface area contributed by atoms with Crippen molar-refractivity contribution in [2.24, 2.45) is 0 Å². The van der Waals surface area contributed by atoms with E-state index < -0.39 is 24.9 Å². The van der Waals surface area contributed by atoms with Crippen molar-refractivity contribution in [2.75, 3.05) is 11.9 Å². The van der Waals surface area contributed by atoms with Crippen LogP contribution in [-0.4, -0.2) is 56.8 Å². The van der Waals surface area contributed by atoms with Gasteiger partial charge in [-0.3, -0.25) is 4.79 Å². The summed E-state index contributed by atoms with van der Waals surface area (Å²) >= 11 is 1.29. The van der Waals surface area contributed by atoms with Gasteiger partial charge in [-0.1, -0.05) is 23.5 Å². The monoisotopic (exact) mass is 364 g/mol. The summed E-state index contributed by atoms with van der Waals surface area (Å²) in [7, 11) is -1.79. The van der Waals surface area contributed by atoms with Crippen molar-refractivity contribution in [3.05, 3.63) is 40.4 Å². The summed E-state index contributed by atoms with van der Waals surface area (Å²) < 4.78 is 0. The van der Waals surface area contributed by atoms with Crippen LogP contribution in [0.3, 0.4) is 0 Å². The third kappa shape index (κ3) is 5.82. The molecule has 11 heteroatoms. The predicted molar refractivity (Wildman–Crippen MR) is 92.4 cm³/mol. The van der Waals surface area contributed by atoms with Gasteiger partial charge in [-0.05, 0) is 31.0 Å². The van der Waals surface area contributed by atoms with Crippen LogP contribution in [-0.2, 0) is 11.2 Å². The predicted octanol–water partition coefficient (Wildman–Crippen LogP) is -0.304. The van der Waals surface area contributed by atoms with Gasteiger partial charge in [0, 0.05) is 0 Å². The summed E-state index contributed by atoms with van der Waals surface area (Å²) in [4.78, 5) is 23.0. The second-order valence-electron chi connectivity index (χ2n) is 5.28. The molecule has 0 bridgehead atoms. The van der Waals surface area contributed by atoms with Crippen LogP contribution in [0, 0.1) is 6.92 Å². The fourth-order valence-corrected chi connectivity index (χ4v) is 2.69. The van der Waals surface area contributed by atoms with Gasteiger partial charge in [-0.15, -0.1) is 10.2 Å². The number of carbonyl (C=O) groups excluding carboxylic acids is 1. The van der Waals surface area contributed by atoms with Crippen molar-refractivity contribution in [2.45, 2.75) is 19.3 Å². The Hall–Kier alpha value is -2.50. The molecule has 2 aromatic rings. The summed E-state index contributed by atoms with van der Waals surface area (Å²) in [6, 6.07) is 6.06. The number of amides is 1. The third-order valence-electron chi connectivity index (χ3n) is 3.26. The minimum atomic E-state index is -1.79. The molecule has 0 aliphatic carbocycles. The minimum absolute atomic E-state index is 0.0719. The molecule has 1 atom stereocenters. The SMILES string of the molecule is Cc1nnc(NCC(=O)NC(Cc2cccc(C(=O)O)c2)B(O)O)s1. The fraction of sp³-hybridized carbons (Fsp3) is 0.286. The summed E-state index contributed by atoms with van der Waals surface area (Å²) in [5, 5.41) is 42.1. The van der Waals surface area contributed by atoms with Crippen LogP contribution in [0.25, 0.3) is 0 Å². The maximum absolute atomic E-state index is 12.0. The number of aromatic carboxylic acids is 1. The van der Waals surface area contributed by atoms with E-state index in [1.807, 2.05) is 0 Å². The first-order valence-electron chi connectivity index (χ1n) is 7.37. The molecular formula is C14H17BN4O5S. The van der Waals surface area contributed by atoms with Crippen LogP contribution in [0.15, 0.2) is 24.3 Å². The van der Waals surface area contributed by atoms with Crippen LogP contribution >= 0.6 is 11.3 Å². The maximum atomic E-state index is 12.0. The van der Waals surface area contributed by atoms with E-state index in [1.165, 1.54) is 23.5 Å². The lowest BCUT2D eigenvalue weighted by molar-refractivity contribution is -0.119. The van der Waals surface area contributed by atoms with Crippen molar-refractivity contribution in [3.8, 4) is 0 Å². The highest BCUT2D eigenvalue weighted by molar-refractivity contribution is 7.15. The zero-order valence-corrected chi connectivity index (χ0v) is 14.2. The number of nitrogens with zero attached hydrogens (tertiary/aromatic N) is 2. The molecule has 0 spiro atoms. The molecular weight excluding hydrogens is 347 g/mol. The zero-order valence-electron chi connectivity index (χ0n) is 13.3. The lowest BCUT2D eigenvalue weighted by Crippen LogP contribution is -2.49. The molecule has 1 aromatic heterocycles. The van der Waals surface area contributed by atoms with Gasteiger partial charge in [0.2, 0.25) is 11.0 Å². The Morgan fingerprint density at radius 3 is 2.68 bits per heavy atom. The van der Waals surface area contributed by atoms with E-state index in [9.17, 15) is 19.6 Å². The molecule has 0 aliphatic rings. The number of carboxylic acids is 1. The molecule has 0 saturated heterocycles. The molecule has 1 heterocycles. The van der Waals surface area contributed by atoms with Gasteiger partial charge >= 0.3 is 13.1 Å². The van der Waals surface area contributed by atoms with E-state index in [0.717, 1.165) is 5.01 Å². The van der Waals surface area contributed by atoms with Crippen LogP contribution in [0.4, 0.5) is 5.13 Å². The van der Waals surface area contributed by atoms with Crippen molar-refractivity contribution >= 4 is 35.5 Å². The van der Waals surface area contributed by atoms with Gasteiger partial charge in [0.05, 0.1) is 18.0 Å². The van der Waals surface area contributed by atoms with Crippen LogP contribution in [0.1, 0.15) is 20.9 Å². The van der Waals surface area contributed by atoms with Gasteiger partial charge in [0.15, 0.2) is 0 Å². The Bertz CT molecular complexity index is 754. The lowest BCUT2D eigenvalue weighted by atomic mass is 9.75. The number of aryl methyl sites for hydroxylation is 1. The Morgan fingerprint density at radius 1 is 1.32 bits per heavy atom. The Balaban J connectivity index is 1.94. The maximum Gasteiger partial charge on any atom is 0.475 e. The van der Waals surface area contributed by atoms with Gasteiger partial charge < -0.3 is 25.8 Å². The average molecular weight is 364 g/mol. The van der Waals surface area contributed by atoms with E-state index in [4.69, 9.17) is 5.11 Å². The van der Waals surface area contributed by atoms with Gasteiger partial charge in [-0.25, -0.2) is 4.79 Å². The highest BCUT2D eigenvalue weighted by Crippen LogP contribution is 2.13. The molecule has 2 rings (SSSR count). The number of carbonyl (C=O) groups is 2. The van der Waals surface area contributed by atoms with Crippen molar-refractivity contribution in [1.82, 2.24) is 15.5 Å². The number of rotatable bonds is 8. The van der Waals surface area contributed by atoms with E-state index in [2.05, 4.69) is 20.8 Å². The summed E-state index contributed by atoms with van der Waals surface area (Å²) in [6.45, 7) is 1.68. The Labute approximate surface area is 147 Å². The highest BCUT2D eigenvalue weighted by Gasteiger charge is 2.25. The molecule has 132 valence electrons. The van der Waals surface area contributed by atoms with Crippen molar-refractivity contribution in [3.63, 3.8) is 0 Å². The molecule has 0 fully saturated rings. The third-order valence-corrected chi connectivity index (χ3v) is 4.06. The molecule has 1 unspecified atom stereocenters. The number of aromatic nitrogens is 2. The molecule has 1 amide bonds. The quantitative estimate of drug-likeness (QED) is 0.402. The van der Waals surface area contributed by atoms with Gasteiger partial charge in [0.25, 0.3) is 0 Å². The highest BCUT2D eigenvalue weighted by atomic mass is 32.1. The normalized spacial score (nSPS) is 11.6. The summed E-state index contributed by atoms with van der Waals surface area (Å²) in [5.74, 6) is -2.52. The van der Waals surface area contributed by atoms with E-state index in [0.29, 0.717) is 10.7 Å². The molecule has 0 saturated carbocycles. The van der Waals surface area contributed by atoms with E-state index in [-0.39, 0.29) is 18.5 Å². The smallest absolute Gasteiger partial charge is 0.475 e. The van der Waals surface area contributed by atoms with Gasteiger partial charge in [-0.2, -0.15) is 0 Å². The molecule has 25 heavy (non-hydrogen) atoms. The topological polar surface area (TPSA) is 145 Å². The standard InChI is InChI=1S/C14H17BN4O5S/c1-8-18-19-14(25-8)16-7-12(20)17-11(15(23)24)6-9-3-2-4-10(5-9)13(21)22/h2-5,11,23-24H,6-7H2,1H3,(H,16,19)(H,17,20)(H,21,22). The molecule has 5 N–H and O–H groups in total. The summed E-state index contributed by atoms with van der Waals surface area (Å²) in [5.41, 5.74) is 0.648. The Kier molecular flexibility index (Phi) is 6.45. The number of anilines is 1. The van der Waals surface area contributed by atoms with Crippen molar-refractivity contribution in [1.29, 1.82) is 0 Å². The van der Waals surface area contributed by atoms with Crippen LogP contribution in [0.5, 0.6) is 0 Å².